The first kappa shape index (κ1) is 25.6. The van der Waals surface area contributed by atoms with Crippen molar-refractivity contribution in [2.75, 3.05) is 24.7 Å². The fourth-order valence-electron chi connectivity index (χ4n) is 3.28. The summed E-state index contributed by atoms with van der Waals surface area (Å²) in [7, 11) is 0. The van der Waals surface area contributed by atoms with Crippen LogP contribution in [0.1, 0.15) is 19.3 Å². The molecule has 29 heavy (non-hydrogen) atoms. The molecule has 0 aromatic carbocycles. The van der Waals surface area contributed by atoms with Gasteiger partial charge in [0.05, 0.1) is 12.7 Å². The predicted octanol–water partition coefficient (Wildman–Crippen LogP) is -2.34. The summed E-state index contributed by atoms with van der Waals surface area (Å²) in [5.74, 6) is 0.811. The van der Waals surface area contributed by atoms with E-state index in [4.69, 9.17) is 18.9 Å². The SMILES string of the molecule is OCC1O[C@@H](OCCCCCS)C(O)C(O)[C@@H]1O[C@@H]1OC(CS)[C@H](O)C(O)[C@@H]1O. The molecule has 2 heterocycles. The van der Waals surface area contributed by atoms with E-state index >= 15 is 0 Å². The van der Waals surface area contributed by atoms with Gasteiger partial charge in [0, 0.05) is 12.4 Å². The Balaban J connectivity index is 1.98. The summed E-state index contributed by atoms with van der Waals surface area (Å²) in [5, 5.41) is 60.5. The molecule has 2 aliphatic rings. The molecule has 2 fully saturated rings. The van der Waals surface area contributed by atoms with Crippen LogP contribution in [-0.2, 0) is 18.9 Å². The van der Waals surface area contributed by atoms with Gasteiger partial charge in [0.15, 0.2) is 12.6 Å². The molecule has 0 bridgehead atoms. The zero-order valence-corrected chi connectivity index (χ0v) is 17.7. The van der Waals surface area contributed by atoms with E-state index in [1.807, 2.05) is 0 Å². The Kier molecular flexibility index (Phi) is 10.9. The van der Waals surface area contributed by atoms with Gasteiger partial charge in [-0.3, -0.25) is 0 Å². The minimum absolute atomic E-state index is 0.0454. The van der Waals surface area contributed by atoms with E-state index in [1.54, 1.807) is 0 Å². The highest BCUT2D eigenvalue weighted by atomic mass is 32.1. The molecule has 2 saturated heterocycles. The van der Waals surface area contributed by atoms with Gasteiger partial charge in [-0.25, -0.2) is 0 Å². The van der Waals surface area contributed by atoms with Crippen LogP contribution in [-0.4, -0.2) is 117 Å². The third-order valence-electron chi connectivity index (χ3n) is 5.04. The highest BCUT2D eigenvalue weighted by Crippen LogP contribution is 2.29. The number of hydrogen-bond donors (Lipinski definition) is 8. The summed E-state index contributed by atoms with van der Waals surface area (Å²) in [6.07, 6.45) is -10.9. The zero-order valence-electron chi connectivity index (χ0n) is 15.9. The number of ether oxygens (including phenoxy) is 4. The van der Waals surface area contributed by atoms with Crippen molar-refractivity contribution in [3.8, 4) is 0 Å². The van der Waals surface area contributed by atoms with Crippen LogP contribution in [0.4, 0.5) is 0 Å². The Morgan fingerprint density at radius 2 is 1.38 bits per heavy atom. The standard InChI is InChI=1S/C17H32O10S2/c18-6-8-15(27-17-13(22)11(20)10(19)9(7-29)26-17)12(21)14(23)16(25-8)24-4-2-1-3-5-28/h8-23,28-29H,1-7H2/t8?,9?,10-,11?,12?,13-,14?,15+,16+,17-/m0/s1. The molecule has 0 saturated carbocycles. The van der Waals surface area contributed by atoms with Gasteiger partial charge in [-0.05, 0) is 18.6 Å². The van der Waals surface area contributed by atoms with Crippen LogP contribution < -0.4 is 0 Å². The van der Waals surface area contributed by atoms with E-state index < -0.39 is 68.0 Å². The third kappa shape index (κ3) is 6.40. The highest BCUT2D eigenvalue weighted by molar-refractivity contribution is 7.80. The largest absolute Gasteiger partial charge is 0.394 e. The summed E-state index contributed by atoms with van der Waals surface area (Å²) in [5.41, 5.74) is 0. The fraction of sp³-hybridized carbons (Fsp3) is 1.00. The van der Waals surface area contributed by atoms with Crippen molar-refractivity contribution in [3.05, 3.63) is 0 Å². The number of hydrogen-bond acceptors (Lipinski definition) is 12. The van der Waals surface area contributed by atoms with Crippen molar-refractivity contribution in [2.45, 2.75) is 80.7 Å². The Hall–Kier alpha value is 0.300. The number of unbranched alkanes of at least 4 members (excludes halogenated alkanes) is 2. The zero-order chi connectivity index (χ0) is 21.6. The molecule has 0 aromatic heterocycles. The number of thiol groups is 2. The Labute approximate surface area is 180 Å². The maximum atomic E-state index is 10.5. The second-order valence-electron chi connectivity index (χ2n) is 7.16. The van der Waals surface area contributed by atoms with Crippen molar-refractivity contribution >= 4 is 25.3 Å². The van der Waals surface area contributed by atoms with Gasteiger partial charge in [0.1, 0.15) is 42.7 Å². The van der Waals surface area contributed by atoms with E-state index in [9.17, 15) is 30.6 Å². The molecule has 2 rings (SSSR count). The van der Waals surface area contributed by atoms with Crippen LogP contribution in [0.15, 0.2) is 0 Å². The van der Waals surface area contributed by atoms with Crippen molar-refractivity contribution < 1.29 is 49.6 Å². The van der Waals surface area contributed by atoms with E-state index in [1.165, 1.54) is 0 Å². The highest BCUT2D eigenvalue weighted by Gasteiger charge is 2.50. The monoisotopic (exact) mass is 460 g/mol. The molecule has 10 atom stereocenters. The molecular weight excluding hydrogens is 428 g/mol. The van der Waals surface area contributed by atoms with Crippen molar-refractivity contribution in [1.29, 1.82) is 0 Å². The first-order valence-corrected chi connectivity index (χ1v) is 10.9. The lowest BCUT2D eigenvalue weighted by molar-refractivity contribution is -0.356. The van der Waals surface area contributed by atoms with Crippen LogP contribution in [0.3, 0.4) is 0 Å². The Morgan fingerprint density at radius 3 is 2.00 bits per heavy atom. The molecule has 0 aliphatic carbocycles. The van der Waals surface area contributed by atoms with E-state index in [0.717, 1.165) is 25.0 Å². The van der Waals surface area contributed by atoms with Crippen LogP contribution in [0.5, 0.6) is 0 Å². The van der Waals surface area contributed by atoms with Gasteiger partial charge in [0.2, 0.25) is 0 Å². The van der Waals surface area contributed by atoms with Gasteiger partial charge in [0.25, 0.3) is 0 Å². The molecule has 0 spiro atoms. The minimum Gasteiger partial charge on any atom is -0.394 e. The lowest BCUT2D eigenvalue weighted by Crippen LogP contribution is -2.64. The van der Waals surface area contributed by atoms with E-state index in [-0.39, 0.29) is 5.75 Å². The summed E-state index contributed by atoms with van der Waals surface area (Å²) in [6.45, 7) is -0.262. The van der Waals surface area contributed by atoms with Crippen LogP contribution in [0.25, 0.3) is 0 Å². The molecule has 0 radical (unpaired) electrons. The molecule has 0 aromatic rings. The number of aliphatic hydroxyl groups is 6. The quantitative estimate of drug-likeness (QED) is 0.131. The third-order valence-corrected chi connectivity index (χ3v) is 5.72. The minimum atomic E-state index is -1.62. The predicted molar refractivity (Wildman–Crippen MR) is 107 cm³/mol. The first-order valence-electron chi connectivity index (χ1n) is 9.66. The maximum Gasteiger partial charge on any atom is 0.187 e. The normalized spacial score (nSPS) is 43.4. The lowest BCUT2D eigenvalue weighted by Gasteiger charge is -2.46. The van der Waals surface area contributed by atoms with Gasteiger partial charge in [-0.1, -0.05) is 6.42 Å². The van der Waals surface area contributed by atoms with Gasteiger partial charge in [-0.15, -0.1) is 0 Å². The van der Waals surface area contributed by atoms with Crippen LogP contribution in [0.2, 0.25) is 0 Å². The molecule has 5 unspecified atom stereocenters. The smallest absolute Gasteiger partial charge is 0.187 e. The Morgan fingerprint density at radius 1 is 0.724 bits per heavy atom. The molecule has 172 valence electrons. The second-order valence-corrected chi connectivity index (χ2v) is 7.97. The molecule has 12 heteroatoms. The summed E-state index contributed by atoms with van der Waals surface area (Å²) < 4.78 is 22.0. The van der Waals surface area contributed by atoms with Crippen LogP contribution >= 0.6 is 25.3 Å². The van der Waals surface area contributed by atoms with Crippen molar-refractivity contribution in [3.63, 3.8) is 0 Å². The summed E-state index contributed by atoms with van der Waals surface area (Å²) in [6, 6.07) is 0. The summed E-state index contributed by atoms with van der Waals surface area (Å²) in [4.78, 5) is 0. The van der Waals surface area contributed by atoms with E-state index in [2.05, 4.69) is 25.3 Å². The van der Waals surface area contributed by atoms with Crippen molar-refractivity contribution in [2.24, 2.45) is 0 Å². The number of rotatable bonds is 10. The Bertz CT molecular complexity index is 471. The molecular formula is C17H32O10S2. The van der Waals surface area contributed by atoms with Crippen LogP contribution in [0, 0.1) is 0 Å². The molecule has 0 amide bonds. The molecule has 6 N–H and O–H groups in total. The second kappa shape index (κ2) is 12.4. The average Bonchev–Trinajstić information content (AvgIpc) is 2.72. The first-order chi connectivity index (χ1) is 13.8. The number of aliphatic hydroxyl groups excluding tert-OH is 6. The van der Waals surface area contributed by atoms with Crippen molar-refractivity contribution in [1.82, 2.24) is 0 Å². The molecule has 2 aliphatic heterocycles. The average molecular weight is 461 g/mol. The molecule has 10 nitrogen and oxygen atoms in total. The fourth-order valence-corrected chi connectivity index (χ4v) is 3.81. The topological polar surface area (TPSA) is 158 Å². The van der Waals surface area contributed by atoms with Gasteiger partial charge < -0.3 is 49.6 Å². The maximum absolute atomic E-state index is 10.5. The van der Waals surface area contributed by atoms with E-state index in [0.29, 0.717) is 6.61 Å². The summed E-state index contributed by atoms with van der Waals surface area (Å²) >= 11 is 8.15. The van der Waals surface area contributed by atoms with Gasteiger partial charge >= 0.3 is 0 Å². The van der Waals surface area contributed by atoms with Gasteiger partial charge in [-0.2, -0.15) is 25.3 Å². The lowest BCUT2D eigenvalue weighted by atomic mass is 9.97.